The molecule has 0 unspecified atom stereocenters. The fraction of sp³-hybridized carbons (Fsp3) is 0.833. The summed E-state index contributed by atoms with van der Waals surface area (Å²) in [5.74, 6) is -2.41. The van der Waals surface area contributed by atoms with E-state index in [1.165, 1.54) is 0 Å². The maximum atomic E-state index is 11.1. The summed E-state index contributed by atoms with van der Waals surface area (Å²) < 4.78 is 0. The van der Waals surface area contributed by atoms with E-state index in [0.29, 0.717) is 19.5 Å². The Kier molecular flexibility index (Phi) is 6.99. The molecule has 1 fully saturated rings. The van der Waals surface area contributed by atoms with Crippen LogP contribution in [-0.4, -0.2) is 86.5 Å². The minimum absolute atomic E-state index is 0.0660. The van der Waals surface area contributed by atoms with Gasteiger partial charge in [0.25, 0.3) is 0 Å². The average Bonchev–Trinajstić information content (AvgIpc) is 2.34. The van der Waals surface area contributed by atoms with Crippen molar-refractivity contribution in [3.05, 3.63) is 0 Å². The summed E-state index contributed by atoms with van der Waals surface area (Å²) >= 11 is 0. The first-order valence-electron chi connectivity index (χ1n) is 6.80. The number of hydrogen-bond acceptors (Lipinski definition) is 7. The van der Waals surface area contributed by atoms with Crippen LogP contribution in [0.1, 0.15) is 19.3 Å². The molecule has 9 heteroatoms. The molecule has 0 saturated carbocycles. The van der Waals surface area contributed by atoms with Crippen molar-refractivity contribution < 1.29 is 35.1 Å². The lowest BCUT2D eigenvalue weighted by Crippen LogP contribution is -2.55. The molecule has 0 aromatic rings. The predicted octanol–water partition coefficient (Wildman–Crippen LogP) is -2.36. The third-order valence-electron chi connectivity index (χ3n) is 3.62. The summed E-state index contributed by atoms with van der Waals surface area (Å²) in [5, 5.41) is 47.5. The first-order valence-corrected chi connectivity index (χ1v) is 6.80. The molecule has 21 heavy (non-hydrogen) atoms. The standard InChI is InChI=1S/C12H22N2O7/c15-9(12(20)21)1-4-13-7(10(16)17)2-5-14-6-3-8(14)11(18)19/h7-9,11,13,15,18-19H,1-6H2,(H,16,17)(H,20,21)/t7-,8-,9-/m0/s1. The molecule has 1 rings (SSSR count). The summed E-state index contributed by atoms with van der Waals surface area (Å²) in [7, 11) is 0. The van der Waals surface area contributed by atoms with Crippen LogP contribution in [0.2, 0.25) is 0 Å². The van der Waals surface area contributed by atoms with Crippen molar-refractivity contribution in [2.45, 2.75) is 43.7 Å². The lowest BCUT2D eigenvalue weighted by atomic mass is 10.0. The smallest absolute Gasteiger partial charge is 0.332 e. The number of carbonyl (C=O) groups is 2. The van der Waals surface area contributed by atoms with Crippen molar-refractivity contribution in [1.29, 1.82) is 0 Å². The average molecular weight is 306 g/mol. The molecule has 0 aliphatic carbocycles. The Balaban J connectivity index is 2.30. The summed E-state index contributed by atoms with van der Waals surface area (Å²) in [6, 6.07) is -1.23. The van der Waals surface area contributed by atoms with Gasteiger partial charge in [-0.05, 0) is 25.8 Å². The van der Waals surface area contributed by atoms with Crippen molar-refractivity contribution in [2.75, 3.05) is 19.6 Å². The first-order chi connectivity index (χ1) is 9.82. The zero-order chi connectivity index (χ0) is 16.0. The molecule has 0 amide bonds. The zero-order valence-electron chi connectivity index (χ0n) is 11.6. The highest BCUT2D eigenvalue weighted by Crippen LogP contribution is 2.20. The molecule has 0 aromatic carbocycles. The number of carboxylic acids is 2. The van der Waals surface area contributed by atoms with Gasteiger partial charge in [0.15, 0.2) is 12.4 Å². The van der Waals surface area contributed by atoms with Gasteiger partial charge in [0.05, 0.1) is 6.04 Å². The molecule has 3 atom stereocenters. The van der Waals surface area contributed by atoms with Gasteiger partial charge in [0, 0.05) is 13.1 Å². The van der Waals surface area contributed by atoms with Crippen molar-refractivity contribution >= 4 is 11.9 Å². The minimum atomic E-state index is -1.52. The third kappa shape index (κ3) is 5.56. The number of aliphatic carboxylic acids is 2. The molecule has 0 aromatic heterocycles. The van der Waals surface area contributed by atoms with E-state index in [4.69, 9.17) is 25.5 Å². The number of nitrogens with one attached hydrogen (secondary N) is 1. The molecule has 0 bridgehead atoms. The number of nitrogens with zero attached hydrogens (tertiary/aromatic N) is 1. The van der Waals surface area contributed by atoms with Gasteiger partial charge in [-0.25, -0.2) is 4.79 Å². The number of rotatable bonds is 10. The van der Waals surface area contributed by atoms with Gasteiger partial charge in [-0.2, -0.15) is 0 Å². The number of aliphatic hydroxyl groups is 3. The normalized spacial score (nSPS) is 21.8. The van der Waals surface area contributed by atoms with Gasteiger partial charge in [-0.1, -0.05) is 0 Å². The van der Waals surface area contributed by atoms with E-state index in [-0.39, 0.29) is 25.4 Å². The van der Waals surface area contributed by atoms with E-state index >= 15 is 0 Å². The molecule has 1 aliphatic rings. The van der Waals surface area contributed by atoms with E-state index < -0.39 is 30.4 Å². The monoisotopic (exact) mass is 306 g/mol. The third-order valence-corrected chi connectivity index (χ3v) is 3.62. The van der Waals surface area contributed by atoms with E-state index in [9.17, 15) is 9.59 Å². The lowest BCUT2D eigenvalue weighted by molar-refractivity contribution is -0.146. The molecular formula is C12H22N2O7. The van der Waals surface area contributed by atoms with E-state index in [1.807, 2.05) is 0 Å². The second kappa shape index (κ2) is 8.25. The summed E-state index contributed by atoms with van der Waals surface area (Å²) in [4.78, 5) is 23.3. The van der Waals surface area contributed by atoms with Gasteiger partial charge >= 0.3 is 11.9 Å². The SMILES string of the molecule is O=C(O)[C@H](CCN1CC[C@H]1C(O)O)NCC[C@H](O)C(=O)O. The second-order valence-corrected chi connectivity index (χ2v) is 5.08. The molecule has 0 spiro atoms. The van der Waals surface area contributed by atoms with Crippen molar-refractivity contribution in [2.24, 2.45) is 0 Å². The lowest BCUT2D eigenvalue weighted by Gasteiger charge is -2.42. The number of hydrogen-bond donors (Lipinski definition) is 6. The minimum Gasteiger partial charge on any atom is -0.480 e. The molecule has 9 nitrogen and oxygen atoms in total. The van der Waals surface area contributed by atoms with E-state index in [1.54, 1.807) is 4.90 Å². The van der Waals surface area contributed by atoms with Crippen LogP contribution in [0.15, 0.2) is 0 Å². The van der Waals surface area contributed by atoms with E-state index in [0.717, 1.165) is 0 Å². The molecule has 0 radical (unpaired) electrons. The fourth-order valence-corrected chi connectivity index (χ4v) is 2.20. The molecule has 122 valence electrons. The summed E-state index contributed by atoms with van der Waals surface area (Å²) in [6.07, 6.45) is -2.12. The van der Waals surface area contributed by atoms with Crippen LogP contribution in [0.3, 0.4) is 0 Å². The van der Waals surface area contributed by atoms with Crippen molar-refractivity contribution in [1.82, 2.24) is 10.2 Å². The van der Waals surface area contributed by atoms with Crippen LogP contribution in [-0.2, 0) is 9.59 Å². The molecule has 6 N–H and O–H groups in total. The van der Waals surface area contributed by atoms with Crippen LogP contribution in [0.25, 0.3) is 0 Å². The van der Waals surface area contributed by atoms with Crippen LogP contribution in [0, 0.1) is 0 Å². The van der Waals surface area contributed by atoms with Gasteiger partial charge in [0.1, 0.15) is 6.04 Å². The van der Waals surface area contributed by atoms with Crippen molar-refractivity contribution in [3.63, 3.8) is 0 Å². The first kappa shape index (κ1) is 17.8. The highest BCUT2D eigenvalue weighted by Gasteiger charge is 2.33. The number of likely N-dealkylation sites (tertiary alicyclic amines) is 1. The van der Waals surface area contributed by atoms with Gasteiger partial charge < -0.3 is 30.8 Å². The van der Waals surface area contributed by atoms with Crippen LogP contribution < -0.4 is 5.32 Å². The largest absolute Gasteiger partial charge is 0.480 e. The maximum Gasteiger partial charge on any atom is 0.332 e. The van der Waals surface area contributed by atoms with Gasteiger partial charge in [0.2, 0.25) is 0 Å². The fourth-order valence-electron chi connectivity index (χ4n) is 2.20. The predicted molar refractivity (Wildman–Crippen MR) is 70.5 cm³/mol. The molecule has 1 aliphatic heterocycles. The Morgan fingerprint density at radius 2 is 1.81 bits per heavy atom. The Bertz CT molecular complexity index is 364. The van der Waals surface area contributed by atoms with Gasteiger partial charge in [-0.3, -0.25) is 9.69 Å². The molecule has 1 saturated heterocycles. The second-order valence-electron chi connectivity index (χ2n) is 5.08. The highest BCUT2D eigenvalue weighted by atomic mass is 16.5. The molecule has 1 heterocycles. The summed E-state index contributed by atoms with van der Waals surface area (Å²) in [6.45, 7) is 1.15. The topological polar surface area (TPSA) is 151 Å². The molecular weight excluding hydrogens is 284 g/mol. The maximum absolute atomic E-state index is 11.1. The Morgan fingerprint density at radius 1 is 1.14 bits per heavy atom. The van der Waals surface area contributed by atoms with Crippen LogP contribution >= 0.6 is 0 Å². The number of aliphatic hydroxyl groups excluding tert-OH is 2. The Morgan fingerprint density at radius 3 is 2.24 bits per heavy atom. The Labute approximate surface area is 121 Å². The summed E-state index contributed by atoms with van der Waals surface area (Å²) in [5.41, 5.74) is 0. The Hall–Kier alpha value is -1.26. The highest BCUT2D eigenvalue weighted by molar-refractivity contribution is 5.73. The number of carboxylic acid groups (broad SMARTS) is 2. The zero-order valence-corrected chi connectivity index (χ0v) is 11.6. The van der Waals surface area contributed by atoms with Crippen LogP contribution in [0.5, 0.6) is 0 Å². The van der Waals surface area contributed by atoms with E-state index in [2.05, 4.69) is 5.32 Å². The quantitative estimate of drug-likeness (QED) is 0.243. The van der Waals surface area contributed by atoms with Gasteiger partial charge in [-0.15, -0.1) is 0 Å². The van der Waals surface area contributed by atoms with Crippen molar-refractivity contribution in [3.8, 4) is 0 Å². The van der Waals surface area contributed by atoms with Crippen LogP contribution in [0.4, 0.5) is 0 Å².